The second-order valence-electron chi connectivity index (χ2n) is 7.63. The van der Waals surface area contributed by atoms with Gasteiger partial charge < -0.3 is 9.45 Å². The summed E-state index contributed by atoms with van der Waals surface area (Å²) in [6.45, 7) is 9.02. The Morgan fingerprint density at radius 1 is 0.963 bits per heavy atom. The monoisotopic (exact) mass is 417 g/mol. The lowest BCUT2D eigenvalue weighted by molar-refractivity contribution is -0.909. The molecule has 0 saturated carbocycles. The fraction of sp³-hybridized carbons (Fsp3) is 1.00. The van der Waals surface area contributed by atoms with Gasteiger partial charge in [0.1, 0.15) is 0 Å². The van der Waals surface area contributed by atoms with Gasteiger partial charge in [0.25, 0.3) is 0 Å². The van der Waals surface area contributed by atoms with Crippen LogP contribution in [-0.4, -0.2) is 38.1 Å². The average Bonchev–Trinajstić information content (AvgIpc) is 2.57. The van der Waals surface area contributed by atoms with Crippen LogP contribution in [0.2, 0.25) is 0 Å². The number of piperidine rings is 1. The van der Waals surface area contributed by atoms with E-state index in [9.17, 15) is 13.2 Å². The summed E-state index contributed by atoms with van der Waals surface area (Å²) in [5.74, 6) is 1.04. The van der Waals surface area contributed by atoms with Crippen LogP contribution in [0.25, 0.3) is 0 Å². The van der Waals surface area contributed by atoms with Gasteiger partial charge in [-0.1, -0.05) is 58.8 Å². The summed E-state index contributed by atoms with van der Waals surface area (Å²) in [6, 6.07) is 0. The van der Waals surface area contributed by atoms with Crippen molar-refractivity contribution in [2.45, 2.75) is 96.4 Å². The molecule has 27 heavy (non-hydrogen) atoms. The molecule has 164 valence electrons. The Labute approximate surface area is 163 Å². The van der Waals surface area contributed by atoms with E-state index in [1.165, 1.54) is 96.7 Å². The molecule has 0 bridgehead atoms. The van der Waals surface area contributed by atoms with Crippen LogP contribution in [0.15, 0.2) is 0 Å². The van der Waals surface area contributed by atoms with Crippen molar-refractivity contribution in [1.29, 1.82) is 0 Å². The Hall–Kier alpha value is -0.340. The quantitative estimate of drug-likeness (QED) is 0.310. The van der Waals surface area contributed by atoms with Crippen LogP contribution in [0.1, 0.15) is 90.9 Å². The SMILES string of the molecule is CCCCCCCCCC[NH+]1CCCC(CCC)C1.O=S(=O)([O-])C(F)(F)F. The average molecular weight is 418 g/mol. The second kappa shape index (κ2) is 14.6. The molecule has 2 atom stereocenters. The molecule has 1 aliphatic rings. The lowest BCUT2D eigenvalue weighted by Gasteiger charge is -2.29. The lowest BCUT2D eigenvalue weighted by atomic mass is 9.93. The number of likely N-dealkylation sites (tertiary alicyclic amines) is 1. The molecule has 1 heterocycles. The molecule has 0 amide bonds. The van der Waals surface area contributed by atoms with Gasteiger partial charge >= 0.3 is 5.51 Å². The maximum atomic E-state index is 10.7. The first-order valence-electron chi connectivity index (χ1n) is 10.5. The normalized spacial score (nSPS) is 20.8. The van der Waals surface area contributed by atoms with E-state index in [2.05, 4.69) is 13.8 Å². The minimum atomic E-state index is -6.09. The zero-order chi connectivity index (χ0) is 20.8. The van der Waals surface area contributed by atoms with Crippen LogP contribution < -0.4 is 4.90 Å². The summed E-state index contributed by atoms with van der Waals surface area (Å²) < 4.78 is 58.9. The minimum Gasteiger partial charge on any atom is -0.741 e. The fourth-order valence-corrected chi connectivity index (χ4v) is 3.64. The van der Waals surface area contributed by atoms with Crippen LogP contribution in [-0.2, 0) is 10.1 Å². The first-order valence-corrected chi connectivity index (χ1v) is 11.9. The second-order valence-corrected chi connectivity index (χ2v) is 9.00. The molecule has 1 rings (SSSR count). The number of unbranched alkanes of at least 4 members (excludes halogenated alkanes) is 7. The van der Waals surface area contributed by atoms with Gasteiger partial charge in [-0.15, -0.1) is 0 Å². The van der Waals surface area contributed by atoms with E-state index in [1.54, 1.807) is 0 Å². The fourth-order valence-electron chi connectivity index (χ4n) is 3.64. The molecule has 0 spiro atoms. The number of quaternary nitrogens is 1. The molecule has 0 aromatic rings. The third-order valence-corrected chi connectivity index (χ3v) is 5.65. The zero-order valence-electron chi connectivity index (χ0n) is 17.0. The Morgan fingerprint density at radius 3 is 1.96 bits per heavy atom. The third kappa shape index (κ3) is 14.3. The Kier molecular flexibility index (Phi) is 14.4. The van der Waals surface area contributed by atoms with Crippen molar-refractivity contribution in [3.63, 3.8) is 0 Å². The number of nitrogens with one attached hydrogen (secondary N) is 1. The van der Waals surface area contributed by atoms with Crippen molar-refractivity contribution >= 4 is 10.1 Å². The Balaban J connectivity index is 0.000000713. The highest BCUT2D eigenvalue weighted by Gasteiger charge is 2.36. The molecule has 8 heteroatoms. The summed E-state index contributed by atoms with van der Waals surface area (Å²) in [6.07, 6.45) is 17.5. The van der Waals surface area contributed by atoms with Gasteiger partial charge in [0.2, 0.25) is 0 Å². The molecular weight excluding hydrogens is 379 g/mol. The van der Waals surface area contributed by atoms with Gasteiger partial charge in [0.05, 0.1) is 19.6 Å². The maximum Gasteiger partial charge on any atom is 0.485 e. The van der Waals surface area contributed by atoms with Crippen LogP contribution in [0.4, 0.5) is 13.2 Å². The number of rotatable bonds is 11. The number of hydrogen-bond donors (Lipinski definition) is 1. The molecule has 0 radical (unpaired) electrons. The van der Waals surface area contributed by atoms with Gasteiger partial charge in [-0.3, -0.25) is 0 Å². The van der Waals surface area contributed by atoms with Gasteiger partial charge in [-0.05, 0) is 32.1 Å². The van der Waals surface area contributed by atoms with Crippen LogP contribution >= 0.6 is 0 Å². The van der Waals surface area contributed by atoms with Crippen molar-refractivity contribution in [3.8, 4) is 0 Å². The highest BCUT2D eigenvalue weighted by molar-refractivity contribution is 7.86. The summed E-state index contributed by atoms with van der Waals surface area (Å²) in [5, 5.41) is 0. The highest BCUT2D eigenvalue weighted by Crippen LogP contribution is 2.20. The van der Waals surface area contributed by atoms with Gasteiger partial charge in [0, 0.05) is 5.92 Å². The molecule has 0 aliphatic carbocycles. The molecule has 0 aromatic heterocycles. The van der Waals surface area contributed by atoms with Crippen LogP contribution in [0, 0.1) is 5.92 Å². The first kappa shape index (κ1) is 26.7. The summed E-state index contributed by atoms with van der Waals surface area (Å²) in [7, 11) is -6.09. The van der Waals surface area contributed by atoms with Gasteiger partial charge in [0.15, 0.2) is 10.1 Å². The van der Waals surface area contributed by atoms with Gasteiger partial charge in [-0.25, -0.2) is 8.42 Å². The van der Waals surface area contributed by atoms with Crippen molar-refractivity contribution in [2.75, 3.05) is 19.6 Å². The first-order chi connectivity index (χ1) is 12.6. The molecule has 1 saturated heterocycles. The minimum absolute atomic E-state index is 1.04. The largest absolute Gasteiger partial charge is 0.741 e. The standard InChI is InChI=1S/C18H37N.CHF3O3S/c1-3-5-6-7-8-9-10-11-15-19-16-12-14-18(17-19)13-4-2;2-1(3,4)8(5,6)7/h18H,3-17H2,1-2H3;(H,5,6,7). The predicted octanol–water partition coefficient (Wildman–Crippen LogP) is 4.27. The van der Waals surface area contributed by atoms with Crippen LogP contribution in [0.3, 0.4) is 0 Å². The molecule has 2 unspecified atom stereocenters. The van der Waals surface area contributed by atoms with E-state index >= 15 is 0 Å². The van der Waals surface area contributed by atoms with Crippen molar-refractivity contribution in [1.82, 2.24) is 0 Å². The van der Waals surface area contributed by atoms with Gasteiger partial charge in [-0.2, -0.15) is 13.2 Å². The maximum absolute atomic E-state index is 10.7. The molecule has 1 fully saturated rings. The zero-order valence-corrected chi connectivity index (χ0v) is 17.8. The summed E-state index contributed by atoms with van der Waals surface area (Å²) >= 11 is 0. The molecule has 1 aliphatic heterocycles. The van der Waals surface area contributed by atoms with E-state index in [-0.39, 0.29) is 0 Å². The Morgan fingerprint density at radius 2 is 1.48 bits per heavy atom. The topological polar surface area (TPSA) is 61.6 Å². The molecular formula is C19H38F3NO3S. The number of hydrogen-bond acceptors (Lipinski definition) is 3. The van der Waals surface area contributed by atoms with Crippen LogP contribution in [0.5, 0.6) is 0 Å². The predicted molar refractivity (Wildman–Crippen MR) is 102 cm³/mol. The summed E-state index contributed by atoms with van der Waals surface area (Å²) in [5.41, 5.74) is -5.65. The number of halogens is 3. The van der Waals surface area contributed by atoms with E-state index in [4.69, 9.17) is 13.0 Å². The van der Waals surface area contributed by atoms with Crippen molar-refractivity contribution < 1.29 is 31.0 Å². The number of alkyl halides is 3. The lowest BCUT2D eigenvalue weighted by Crippen LogP contribution is -3.13. The summed E-state index contributed by atoms with van der Waals surface area (Å²) in [4.78, 5) is 1.91. The smallest absolute Gasteiger partial charge is 0.485 e. The highest BCUT2D eigenvalue weighted by atomic mass is 32.2. The van der Waals surface area contributed by atoms with E-state index in [1.807, 2.05) is 4.90 Å². The van der Waals surface area contributed by atoms with E-state index < -0.39 is 15.6 Å². The Bertz CT molecular complexity index is 454. The molecule has 4 nitrogen and oxygen atoms in total. The van der Waals surface area contributed by atoms with Crippen molar-refractivity contribution in [3.05, 3.63) is 0 Å². The van der Waals surface area contributed by atoms with E-state index in [0.29, 0.717) is 0 Å². The third-order valence-electron chi connectivity index (χ3n) is 5.08. The van der Waals surface area contributed by atoms with E-state index in [0.717, 1.165) is 5.92 Å². The molecule has 1 N–H and O–H groups in total. The molecule has 0 aromatic carbocycles. The van der Waals surface area contributed by atoms with Crippen molar-refractivity contribution in [2.24, 2.45) is 5.92 Å².